The SMILES string of the molecule is CCCS(=O)(=O)Nc1ccccc1-c1cn2ccsc2n1. The number of fused-ring (bicyclic) bond motifs is 1. The minimum absolute atomic E-state index is 0.111. The van der Waals surface area contributed by atoms with Crippen molar-refractivity contribution in [2.24, 2.45) is 0 Å². The van der Waals surface area contributed by atoms with E-state index in [2.05, 4.69) is 9.71 Å². The highest BCUT2D eigenvalue weighted by molar-refractivity contribution is 7.92. The molecule has 2 aromatic heterocycles. The van der Waals surface area contributed by atoms with Gasteiger partial charge in [0.15, 0.2) is 4.96 Å². The zero-order valence-corrected chi connectivity index (χ0v) is 13.1. The third-order valence-corrected chi connectivity index (χ3v) is 5.28. The molecule has 21 heavy (non-hydrogen) atoms. The highest BCUT2D eigenvalue weighted by atomic mass is 32.2. The molecule has 0 atom stereocenters. The van der Waals surface area contributed by atoms with E-state index in [1.807, 2.05) is 47.3 Å². The van der Waals surface area contributed by atoms with E-state index in [1.165, 1.54) is 0 Å². The molecule has 110 valence electrons. The van der Waals surface area contributed by atoms with E-state index in [-0.39, 0.29) is 5.75 Å². The number of aromatic nitrogens is 2. The van der Waals surface area contributed by atoms with Crippen LogP contribution in [0.2, 0.25) is 0 Å². The molecule has 3 aromatic rings. The Kier molecular flexibility index (Phi) is 3.69. The first-order valence-corrected chi connectivity index (χ1v) is 9.14. The van der Waals surface area contributed by atoms with Gasteiger partial charge in [-0.25, -0.2) is 13.4 Å². The van der Waals surface area contributed by atoms with Crippen molar-refractivity contribution in [1.29, 1.82) is 0 Å². The van der Waals surface area contributed by atoms with Crippen LogP contribution in [0.15, 0.2) is 42.0 Å². The van der Waals surface area contributed by atoms with Gasteiger partial charge in [-0.2, -0.15) is 0 Å². The Morgan fingerprint density at radius 2 is 2.14 bits per heavy atom. The summed E-state index contributed by atoms with van der Waals surface area (Å²) in [5.41, 5.74) is 2.11. The highest BCUT2D eigenvalue weighted by Gasteiger charge is 2.14. The van der Waals surface area contributed by atoms with Crippen LogP contribution in [0.1, 0.15) is 13.3 Å². The van der Waals surface area contributed by atoms with Crippen molar-refractivity contribution in [2.75, 3.05) is 10.5 Å². The summed E-state index contributed by atoms with van der Waals surface area (Å²) in [5, 5.41) is 1.96. The second-order valence-corrected chi connectivity index (χ2v) is 7.40. The van der Waals surface area contributed by atoms with E-state index in [9.17, 15) is 8.42 Å². The summed E-state index contributed by atoms with van der Waals surface area (Å²) < 4.78 is 28.5. The van der Waals surface area contributed by atoms with Crippen molar-refractivity contribution < 1.29 is 8.42 Å². The largest absolute Gasteiger partial charge is 0.297 e. The van der Waals surface area contributed by atoms with Crippen LogP contribution < -0.4 is 4.72 Å². The smallest absolute Gasteiger partial charge is 0.232 e. The molecule has 0 saturated carbocycles. The molecule has 3 rings (SSSR count). The lowest BCUT2D eigenvalue weighted by molar-refractivity contribution is 0.600. The maximum Gasteiger partial charge on any atom is 0.232 e. The zero-order valence-electron chi connectivity index (χ0n) is 11.5. The summed E-state index contributed by atoms with van der Waals surface area (Å²) in [7, 11) is -3.31. The maximum absolute atomic E-state index is 12.0. The summed E-state index contributed by atoms with van der Waals surface area (Å²) in [6.45, 7) is 1.84. The predicted octanol–water partition coefficient (Wildman–Crippen LogP) is 3.21. The molecule has 2 heterocycles. The monoisotopic (exact) mass is 321 g/mol. The highest BCUT2D eigenvalue weighted by Crippen LogP contribution is 2.29. The van der Waals surface area contributed by atoms with E-state index < -0.39 is 10.0 Å². The molecule has 7 heteroatoms. The van der Waals surface area contributed by atoms with E-state index in [4.69, 9.17) is 0 Å². The number of imidazole rings is 1. The fourth-order valence-electron chi connectivity index (χ4n) is 2.14. The molecule has 0 saturated heterocycles. The van der Waals surface area contributed by atoms with Gasteiger partial charge in [0, 0.05) is 23.3 Å². The molecule has 1 aromatic carbocycles. The molecule has 1 N–H and O–H groups in total. The van der Waals surface area contributed by atoms with Gasteiger partial charge in [0.2, 0.25) is 10.0 Å². The molecule has 0 amide bonds. The Balaban J connectivity index is 2.01. The second kappa shape index (κ2) is 5.50. The van der Waals surface area contributed by atoms with Crippen molar-refractivity contribution >= 4 is 32.0 Å². The summed E-state index contributed by atoms with van der Waals surface area (Å²) in [6.07, 6.45) is 4.41. The van der Waals surface area contributed by atoms with Crippen LogP contribution in [-0.2, 0) is 10.0 Å². The molecule has 0 aliphatic carbocycles. The van der Waals surface area contributed by atoms with Crippen molar-refractivity contribution in [2.45, 2.75) is 13.3 Å². The first-order chi connectivity index (χ1) is 10.1. The fraction of sp³-hybridized carbons (Fsp3) is 0.214. The number of nitrogens with one attached hydrogen (secondary N) is 1. The van der Waals surface area contributed by atoms with Gasteiger partial charge in [0.05, 0.1) is 17.1 Å². The molecular weight excluding hydrogens is 306 g/mol. The quantitative estimate of drug-likeness (QED) is 0.785. The Labute approximate surface area is 127 Å². The molecule has 5 nitrogen and oxygen atoms in total. The van der Waals surface area contributed by atoms with Crippen LogP contribution in [0.5, 0.6) is 0 Å². The summed E-state index contributed by atoms with van der Waals surface area (Å²) in [5.74, 6) is 0.111. The molecule has 0 unspecified atom stereocenters. The molecule has 0 bridgehead atoms. The minimum Gasteiger partial charge on any atom is -0.297 e. The van der Waals surface area contributed by atoms with Crippen LogP contribution in [-0.4, -0.2) is 23.6 Å². The number of rotatable bonds is 5. The molecule has 0 radical (unpaired) electrons. The van der Waals surface area contributed by atoms with Gasteiger partial charge in [-0.15, -0.1) is 11.3 Å². The standard InChI is InChI=1S/C14H15N3O2S2/c1-2-9-21(18,19)16-12-6-4-3-5-11(12)13-10-17-7-8-20-14(17)15-13/h3-8,10,16H,2,9H2,1H3. The minimum atomic E-state index is -3.31. The molecule has 0 spiro atoms. The van der Waals surface area contributed by atoms with Crippen molar-refractivity contribution in [3.8, 4) is 11.3 Å². The summed E-state index contributed by atoms with van der Waals surface area (Å²) in [6, 6.07) is 7.32. The number of hydrogen-bond acceptors (Lipinski definition) is 4. The van der Waals surface area contributed by atoms with E-state index in [0.717, 1.165) is 16.2 Å². The van der Waals surface area contributed by atoms with Gasteiger partial charge in [0.25, 0.3) is 0 Å². The van der Waals surface area contributed by atoms with Gasteiger partial charge in [-0.1, -0.05) is 25.1 Å². The van der Waals surface area contributed by atoms with E-state index in [0.29, 0.717) is 12.1 Å². The number of hydrogen-bond donors (Lipinski definition) is 1. The number of thiazole rings is 1. The Hall–Kier alpha value is -1.86. The van der Waals surface area contributed by atoms with E-state index >= 15 is 0 Å². The van der Waals surface area contributed by atoms with Gasteiger partial charge >= 0.3 is 0 Å². The van der Waals surface area contributed by atoms with Crippen molar-refractivity contribution in [3.63, 3.8) is 0 Å². The van der Waals surface area contributed by atoms with Crippen molar-refractivity contribution in [1.82, 2.24) is 9.38 Å². The number of nitrogens with zero attached hydrogens (tertiary/aromatic N) is 2. The Morgan fingerprint density at radius 3 is 2.90 bits per heavy atom. The third kappa shape index (κ3) is 2.93. The number of sulfonamides is 1. The lowest BCUT2D eigenvalue weighted by Gasteiger charge is -2.10. The Bertz CT molecular complexity index is 837. The summed E-state index contributed by atoms with van der Waals surface area (Å²) >= 11 is 1.54. The van der Waals surface area contributed by atoms with Gasteiger partial charge in [-0.3, -0.25) is 9.12 Å². The fourth-order valence-corrected chi connectivity index (χ4v) is 3.99. The topological polar surface area (TPSA) is 63.5 Å². The lowest BCUT2D eigenvalue weighted by Crippen LogP contribution is -2.16. The van der Waals surface area contributed by atoms with E-state index in [1.54, 1.807) is 17.4 Å². The molecule has 0 aliphatic rings. The van der Waals surface area contributed by atoms with Crippen LogP contribution in [0, 0.1) is 0 Å². The van der Waals surface area contributed by atoms with Crippen LogP contribution in [0.4, 0.5) is 5.69 Å². The van der Waals surface area contributed by atoms with Crippen molar-refractivity contribution in [3.05, 3.63) is 42.0 Å². The second-order valence-electron chi connectivity index (χ2n) is 4.69. The summed E-state index contributed by atoms with van der Waals surface area (Å²) in [4.78, 5) is 5.41. The Morgan fingerprint density at radius 1 is 1.33 bits per heavy atom. The molecule has 0 fully saturated rings. The number of para-hydroxylation sites is 1. The normalized spacial score (nSPS) is 11.9. The maximum atomic E-state index is 12.0. The first-order valence-electron chi connectivity index (χ1n) is 6.61. The number of benzene rings is 1. The zero-order chi connectivity index (χ0) is 14.9. The predicted molar refractivity (Wildman–Crippen MR) is 86.2 cm³/mol. The van der Waals surface area contributed by atoms with Gasteiger partial charge < -0.3 is 0 Å². The lowest BCUT2D eigenvalue weighted by atomic mass is 10.1. The third-order valence-electron chi connectivity index (χ3n) is 3.03. The average Bonchev–Trinajstić information content (AvgIpc) is 2.99. The van der Waals surface area contributed by atoms with Gasteiger partial charge in [-0.05, 0) is 12.5 Å². The molecule has 0 aliphatic heterocycles. The van der Waals surface area contributed by atoms with Gasteiger partial charge in [0.1, 0.15) is 0 Å². The first kappa shape index (κ1) is 14.1. The van der Waals surface area contributed by atoms with Crippen LogP contribution >= 0.6 is 11.3 Å². The van der Waals surface area contributed by atoms with Crippen LogP contribution in [0.3, 0.4) is 0 Å². The number of anilines is 1. The molecular formula is C14H15N3O2S2. The van der Waals surface area contributed by atoms with Crippen LogP contribution in [0.25, 0.3) is 16.2 Å². The average molecular weight is 321 g/mol.